The van der Waals surface area contributed by atoms with Crippen molar-refractivity contribution in [1.82, 2.24) is 4.90 Å². The second kappa shape index (κ2) is 7.66. The molecule has 0 saturated carbocycles. The lowest BCUT2D eigenvalue weighted by atomic mass is 10.0. The fourth-order valence-electron chi connectivity index (χ4n) is 3.34. The number of β-amino-alcohol motifs (C(OH)–C–C–N with tert-alkyl or cyclic N) is 1. The Balaban J connectivity index is 1.69. The predicted octanol–water partition coefficient (Wildman–Crippen LogP) is 3.10. The van der Waals surface area contributed by atoms with Crippen LogP contribution in [0.5, 0.6) is 5.75 Å². The number of amides is 1. The highest BCUT2D eigenvalue weighted by molar-refractivity contribution is 5.77. The standard InChI is InChI=1S/C20H22FNO3/c1-25-18-7-2-4-14(10-18)8-9-20(24)22-13-17(23)12-19(22)15-5-3-6-16(21)11-15/h2-7,10-11,17,19,23H,8-9,12-13H2,1H3/t17-,19-/m0/s1. The Morgan fingerprint density at radius 3 is 2.84 bits per heavy atom. The zero-order chi connectivity index (χ0) is 17.8. The monoisotopic (exact) mass is 343 g/mol. The summed E-state index contributed by atoms with van der Waals surface area (Å²) in [4.78, 5) is 14.3. The van der Waals surface area contributed by atoms with Crippen molar-refractivity contribution in [3.63, 3.8) is 0 Å². The molecule has 0 radical (unpaired) electrons. The molecule has 1 saturated heterocycles. The summed E-state index contributed by atoms with van der Waals surface area (Å²) in [6, 6.07) is 13.6. The van der Waals surface area contributed by atoms with Crippen molar-refractivity contribution in [2.75, 3.05) is 13.7 Å². The number of benzene rings is 2. The topological polar surface area (TPSA) is 49.8 Å². The van der Waals surface area contributed by atoms with Gasteiger partial charge in [-0.3, -0.25) is 4.79 Å². The number of aryl methyl sites for hydroxylation is 1. The van der Waals surface area contributed by atoms with Crippen molar-refractivity contribution in [1.29, 1.82) is 0 Å². The molecule has 4 nitrogen and oxygen atoms in total. The number of methoxy groups -OCH3 is 1. The SMILES string of the molecule is COc1cccc(CCC(=O)N2C[C@@H](O)C[C@H]2c2cccc(F)c2)c1. The number of aliphatic hydroxyl groups excluding tert-OH is 1. The Labute approximate surface area is 146 Å². The molecule has 0 aromatic heterocycles. The number of halogens is 1. The highest BCUT2D eigenvalue weighted by Crippen LogP contribution is 2.33. The van der Waals surface area contributed by atoms with E-state index in [4.69, 9.17) is 4.74 Å². The van der Waals surface area contributed by atoms with E-state index >= 15 is 0 Å². The third kappa shape index (κ3) is 4.17. The van der Waals surface area contributed by atoms with Crippen LogP contribution >= 0.6 is 0 Å². The first-order valence-corrected chi connectivity index (χ1v) is 8.42. The van der Waals surface area contributed by atoms with E-state index in [1.807, 2.05) is 24.3 Å². The Morgan fingerprint density at radius 1 is 1.28 bits per heavy atom. The minimum Gasteiger partial charge on any atom is -0.497 e. The van der Waals surface area contributed by atoms with Crippen molar-refractivity contribution in [2.24, 2.45) is 0 Å². The van der Waals surface area contributed by atoms with Crippen LogP contribution in [0.1, 0.15) is 30.0 Å². The summed E-state index contributed by atoms with van der Waals surface area (Å²) >= 11 is 0. The van der Waals surface area contributed by atoms with Crippen LogP contribution in [-0.4, -0.2) is 35.7 Å². The van der Waals surface area contributed by atoms with Crippen LogP contribution in [0.3, 0.4) is 0 Å². The summed E-state index contributed by atoms with van der Waals surface area (Å²) in [7, 11) is 1.61. The molecule has 1 heterocycles. The van der Waals surface area contributed by atoms with Gasteiger partial charge in [-0.15, -0.1) is 0 Å². The number of ether oxygens (including phenoxy) is 1. The number of carbonyl (C=O) groups is 1. The minimum absolute atomic E-state index is 0.0337. The average Bonchev–Trinajstić information content (AvgIpc) is 3.02. The number of hydrogen-bond acceptors (Lipinski definition) is 3. The van der Waals surface area contributed by atoms with Gasteiger partial charge in [0.05, 0.1) is 19.3 Å². The zero-order valence-corrected chi connectivity index (χ0v) is 14.2. The van der Waals surface area contributed by atoms with Gasteiger partial charge in [0.15, 0.2) is 0 Å². The highest BCUT2D eigenvalue weighted by Gasteiger charge is 2.35. The Morgan fingerprint density at radius 2 is 2.08 bits per heavy atom. The van der Waals surface area contributed by atoms with Gasteiger partial charge in [0, 0.05) is 13.0 Å². The third-order valence-corrected chi connectivity index (χ3v) is 4.59. The van der Waals surface area contributed by atoms with E-state index in [-0.39, 0.29) is 24.3 Å². The number of aliphatic hydroxyl groups is 1. The van der Waals surface area contributed by atoms with E-state index in [1.165, 1.54) is 12.1 Å². The van der Waals surface area contributed by atoms with E-state index in [0.29, 0.717) is 19.3 Å². The summed E-state index contributed by atoms with van der Waals surface area (Å²) in [5.74, 6) is 0.399. The molecule has 5 heteroatoms. The van der Waals surface area contributed by atoms with E-state index in [0.717, 1.165) is 16.9 Å². The number of hydrogen-bond donors (Lipinski definition) is 1. The van der Waals surface area contributed by atoms with Gasteiger partial charge in [0.25, 0.3) is 0 Å². The molecule has 1 fully saturated rings. The molecule has 0 unspecified atom stereocenters. The van der Waals surface area contributed by atoms with E-state index in [1.54, 1.807) is 24.1 Å². The first kappa shape index (κ1) is 17.4. The number of rotatable bonds is 5. The normalized spacial score (nSPS) is 19.9. The Kier molecular flexibility index (Phi) is 5.34. The van der Waals surface area contributed by atoms with Gasteiger partial charge >= 0.3 is 0 Å². The largest absolute Gasteiger partial charge is 0.497 e. The molecule has 1 N–H and O–H groups in total. The van der Waals surface area contributed by atoms with Crippen LogP contribution in [0.15, 0.2) is 48.5 Å². The minimum atomic E-state index is -0.575. The van der Waals surface area contributed by atoms with Crippen molar-refractivity contribution < 1.29 is 19.0 Å². The zero-order valence-electron chi connectivity index (χ0n) is 14.2. The molecule has 2 aromatic carbocycles. The molecule has 0 spiro atoms. The third-order valence-electron chi connectivity index (χ3n) is 4.59. The molecule has 132 valence electrons. The molecule has 1 aliphatic heterocycles. The lowest BCUT2D eigenvalue weighted by molar-refractivity contribution is -0.132. The molecule has 1 amide bonds. The van der Waals surface area contributed by atoms with Crippen molar-refractivity contribution in [3.8, 4) is 5.75 Å². The fraction of sp³-hybridized carbons (Fsp3) is 0.350. The highest BCUT2D eigenvalue weighted by atomic mass is 19.1. The summed E-state index contributed by atoms with van der Waals surface area (Å²) in [6.45, 7) is 0.290. The molecule has 2 aromatic rings. The van der Waals surface area contributed by atoms with Gasteiger partial charge in [-0.05, 0) is 48.2 Å². The maximum absolute atomic E-state index is 13.5. The van der Waals surface area contributed by atoms with Gasteiger partial charge in [0.1, 0.15) is 11.6 Å². The molecular formula is C20H22FNO3. The van der Waals surface area contributed by atoms with Gasteiger partial charge in [0.2, 0.25) is 5.91 Å². The van der Waals surface area contributed by atoms with Crippen LogP contribution < -0.4 is 4.74 Å². The Bertz CT molecular complexity index is 749. The molecule has 2 atom stereocenters. The summed E-state index contributed by atoms with van der Waals surface area (Å²) in [5.41, 5.74) is 1.75. The number of carbonyl (C=O) groups excluding carboxylic acids is 1. The van der Waals surface area contributed by atoms with Gasteiger partial charge in [-0.25, -0.2) is 4.39 Å². The summed E-state index contributed by atoms with van der Waals surface area (Å²) < 4.78 is 18.7. The first-order chi connectivity index (χ1) is 12.1. The second-order valence-corrected chi connectivity index (χ2v) is 6.36. The van der Waals surface area contributed by atoms with Crippen LogP contribution in [0, 0.1) is 5.82 Å². The predicted molar refractivity (Wildman–Crippen MR) is 92.8 cm³/mol. The van der Waals surface area contributed by atoms with E-state index < -0.39 is 6.10 Å². The molecule has 0 bridgehead atoms. The maximum Gasteiger partial charge on any atom is 0.223 e. The van der Waals surface area contributed by atoms with Crippen molar-refractivity contribution in [3.05, 3.63) is 65.5 Å². The molecule has 3 rings (SSSR count). The van der Waals surface area contributed by atoms with E-state index in [9.17, 15) is 14.3 Å². The first-order valence-electron chi connectivity index (χ1n) is 8.42. The van der Waals surface area contributed by atoms with Crippen LogP contribution in [0.4, 0.5) is 4.39 Å². The van der Waals surface area contributed by atoms with Crippen molar-refractivity contribution in [2.45, 2.75) is 31.4 Å². The maximum atomic E-state index is 13.5. The smallest absolute Gasteiger partial charge is 0.223 e. The fourth-order valence-corrected chi connectivity index (χ4v) is 3.34. The van der Waals surface area contributed by atoms with Crippen molar-refractivity contribution >= 4 is 5.91 Å². The lowest BCUT2D eigenvalue weighted by Gasteiger charge is -2.25. The molecule has 0 aliphatic carbocycles. The molecule has 25 heavy (non-hydrogen) atoms. The van der Waals surface area contributed by atoms with Gasteiger partial charge in [-0.1, -0.05) is 24.3 Å². The molecular weight excluding hydrogens is 321 g/mol. The van der Waals surface area contributed by atoms with Gasteiger partial charge in [-0.2, -0.15) is 0 Å². The van der Waals surface area contributed by atoms with Crippen LogP contribution in [-0.2, 0) is 11.2 Å². The van der Waals surface area contributed by atoms with Gasteiger partial charge < -0.3 is 14.7 Å². The second-order valence-electron chi connectivity index (χ2n) is 6.36. The number of nitrogens with zero attached hydrogens (tertiary/aromatic N) is 1. The number of likely N-dealkylation sites (tertiary alicyclic amines) is 1. The average molecular weight is 343 g/mol. The lowest BCUT2D eigenvalue weighted by Crippen LogP contribution is -2.32. The summed E-state index contributed by atoms with van der Waals surface area (Å²) in [5, 5.41) is 10.00. The van der Waals surface area contributed by atoms with Crippen LogP contribution in [0.25, 0.3) is 0 Å². The summed E-state index contributed by atoms with van der Waals surface area (Å²) in [6.07, 6.45) is 0.799. The van der Waals surface area contributed by atoms with E-state index in [2.05, 4.69) is 0 Å². The quantitative estimate of drug-likeness (QED) is 0.908. The Hall–Kier alpha value is -2.40. The van der Waals surface area contributed by atoms with Crippen LogP contribution in [0.2, 0.25) is 0 Å². The molecule has 1 aliphatic rings.